The number of amides is 1. The number of hydrogen-bond donors (Lipinski definition) is 2. The van der Waals surface area contributed by atoms with Crippen LogP contribution >= 0.6 is 0 Å². The van der Waals surface area contributed by atoms with Crippen LogP contribution in [0.25, 0.3) is 11.1 Å². The van der Waals surface area contributed by atoms with Crippen molar-refractivity contribution in [2.24, 2.45) is 5.73 Å². The molecule has 1 amide bonds. The second kappa shape index (κ2) is 8.69. The highest BCUT2D eigenvalue weighted by molar-refractivity contribution is 6.02. The van der Waals surface area contributed by atoms with Gasteiger partial charge in [-0.1, -0.05) is 50.1 Å². The Labute approximate surface area is 144 Å². The topological polar surface area (TPSA) is 68.2 Å². The lowest BCUT2D eigenvalue weighted by molar-refractivity contribution is 0.1000. The van der Waals surface area contributed by atoms with Gasteiger partial charge in [0.05, 0.1) is 5.56 Å². The summed E-state index contributed by atoms with van der Waals surface area (Å²) in [4.78, 5) is 12.1. The van der Waals surface area contributed by atoms with Crippen LogP contribution in [0.4, 0.5) is 0 Å². The predicted molar refractivity (Wildman–Crippen MR) is 98.1 cm³/mol. The highest BCUT2D eigenvalue weighted by Gasteiger charge is 2.24. The molecule has 130 valence electrons. The van der Waals surface area contributed by atoms with E-state index in [0.717, 1.165) is 48.2 Å². The average molecular weight is 328 g/mol. The largest absolute Gasteiger partial charge is 0.396 e. The van der Waals surface area contributed by atoms with Gasteiger partial charge in [0.15, 0.2) is 0 Å². The van der Waals surface area contributed by atoms with Gasteiger partial charge in [-0.3, -0.25) is 4.79 Å². The van der Waals surface area contributed by atoms with E-state index in [-0.39, 0.29) is 12.5 Å². The Balaban J connectivity index is 2.60. The number of aliphatic hydroxyl groups is 1. The van der Waals surface area contributed by atoms with Crippen LogP contribution in [0.5, 0.6) is 0 Å². The number of benzene rings is 1. The van der Waals surface area contributed by atoms with Crippen molar-refractivity contribution in [3.8, 4) is 11.1 Å². The maximum absolute atomic E-state index is 12.1. The summed E-state index contributed by atoms with van der Waals surface area (Å²) >= 11 is 0. The summed E-state index contributed by atoms with van der Waals surface area (Å²) < 4.78 is 2.17. The highest BCUT2D eigenvalue weighted by Crippen LogP contribution is 2.34. The van der Waals surface area contributed by atoms with Gasteiger partial charge in [0.2, 0.25) is 0 Å². The summed E-state index contributed by atoms with van der Waals surface area (Å²) in [6.45, 7) is 4.98. The fourth-order valence-corrected chi connectivity index (χ4v) is 3.35. The molecule has 0 bridgehead atoms. The van der Waals surface area contributed by atoms with E-state index in [1.165, 1.54) is 0 Å². The first-order valence-corrected chi connectivity index (χ1v) is 8.79. The molecule has 3 N–H and O–H groups in total. The standard InChI is InChI=1S/C20H28N2O2/c1-3-4-6-12-17-19(16-10-7-5-8-11-16)18(20(21)24)15(2)22(17)13-9-14-23/h5,7-8,10-11,23H,3-4,6,9,12-14H2,1-2H3,(H2,21,24). The van der Waals surface area contributed by atoms with Gasteiger partial charge in [-0.05, 0) is 31.7 Å². The molecule has 0 aliphatic heterocycles. The zero-order chi connectivity index (χ0) is 17.5. The maximum Gasteiger partial charge on any atom is 0.251 e. The molecule has 1 aromatic carbocycles. The fourth-order valence-electron chi connectivity index (χ4n) is 3.35. The number of aliphatic hydroxyl groups excluding tert-OH is 1. The molecule has 4 nitrogen and oxygen atoms in total. The van der Waals surface area contributed by atoms with Crippen molar-refractivity contribution in [2.75, 3.05) is 6.61 Å². The van der Waals surface area contributed by atoms with Gasteiger partial charge in [-0.25, -0.2) is 0 Å². The first-order chi connectivity index (χ1) is 11.6. The summed E-state index contributed by atoms with van der Waals surface area (Å²) in [5, 5.41) is 9.22. The van der Waals surface area contributed by atoms with E-state index in [1.54, 1.807) is 0 Å². The van der Waals surface area contributed by atoms with Crippen molar-refractivity contribution in [3.05, 3.63) is 47.3 Å². The van der Waals surface area contributed by atoms with Crippen molar-refractivity contribution in [1.29, 1.82) is 0 Å². The van der Waals surface area contributed by atoms with Crippen LogP contribution in [0.1, 0.15) is 54.4 Å². The van der Waals surface area contributed by atoms with E-state index < -0.39 is 0 Å². The minimum atomic E-state index is -0.383. The van der Waals surface area contributed by atoms with E-state index >= 15 is 0 Å². The van der Waals surface area contributed by atoms with Crippen LogP contribution < -0.4 is 5.73 Å². The average Bonchev–Trinajstić information content (AvgIpc) is 2.86. The van der Waals surface area contributed by atoms with E-state index in [0.29, 0.717) is 18.5 Å². The number of nitrogens with zero attached hydrogens (tertiary/aromatic N) is 1. The number of carbonyl (C=O) groups is 1. The number of unbranched alkanes of at least 4 members (excludes halogenated alkanes) is 2. The van der Waals surface area contributed by atoms with Crippen molar-refractivity contribution in [3.63, 3.8) is 0 Å². The van der Waals surface area contributed by atoms with Crippen molar-refractivity contribution >= 4 is 5.91 Å². The Morgan fingerprint density at radius 1 is 1.17 bits per heavy atom. The van der Waals surface area contributed by atoms with Crippen LogP contribution in [0.3, 0.4) is 0 Å². The van der Waals surface area contributed by atoms with Crippen LogP contribution in [0, 0.1) is 6.92 Å². The number of aromatic nitrogens is 1. The third-order valence-electron chi connectivity index (χ3n) is 4.50. The molecular formula is C20H28N2O2. The molecule has 0 saturated carbocycles. The Kier molecular flexibility index (Phi) is 6.62. The van der Waals surface area contributed by atoms with Crippen LogP contribution in [0.15, 0.2) is 30.3 Å². The Hall–Kier alpha value is -2.07. The van der Waals surface area contributed by atoms with Gasteiger partial charge in [0, 0.05) is 30.1 Å². The van der Waals surface area contributed by atoms with Crippen LogP contribution in [0.2, 0.25) is 0 Å². The first kappa shape index (κ1) is 18.3. The number of hydrogen-bond acceptors (Lipinski definition) is 2. The summed E-state index contributed by atoms with van der Waals surface area (Å²) in [7, 11) is 0. The zero-order valence-electron chi connectivity index (χ0n) is 14.7. The predicted octanol–water partition coefficient (Wildman–Crippen LogP) is 3.68. The molecule has 2 aromatic rings. The Morgan fingerprint density at radius 3 is 2.46 bits per heavy atom. The number of nitrogens with two attached hydrogens (primary N) is 1. The highest BCUT2D eigenvalue weighted by atomic mass is 16.3. The summed E-state index contributed by atoms with van der Waals surface area (Å²) in [6.07, 6.45) is 4.97. The van der Waals surface area contributed by atoms with Gasteiger partial charge < -0.3 is 15.4 Å². The molecule has 0 atom stereocenters. The number of carbonyl (C=O) groups excluding carboxylic acids is 1. The van der Waals surface area contributed by atoms with Gasteiger partial charge in [0.25, 0.3) is 5.91 Å². The van der Waals surface area contributed by atoms with E-state index in [2.05, 4.69) is 11.5 Å². The third kappa shape index (κ3) is 3.88. The summed E-state index contributed by atoms with van der Waals surface area (Å²) in [5.41, 5.74) is 10.4. The van der Waals surface area contributed by atoms with Gasteiger partial charge in [-0.15, -0.1) is 0 Å². The smallest absolute Gasteiger partial charge is 0.251 e. The molecule has 1 heterocycles. The molecule has 2 rings (SSSR count). The lowest BCUT2D eigenvalue weighted by atomic mass is 9.97. The molecule has 1 aromatic heterocycles. The second-order valence-electron chi connectivity index (χ2n) is 6.20. The monoisotopic (exact) mass is 328 g/mol. The molecule has 0 aliphatic rings. The Bertz CT molecular complexity index is 675. The van der Waals surface area contributed by atoms with Gasteiger partial charge >= 0.3 is 0 Å². The minimum Gasteiger partial charge on any atom is -0.396 e. The third-order valence-corrected chi connectivity index (χ3v) is 4.50. The lowest BCUT2D eigenvalue weighted by Crippen LogP contribution is -2.13. The van der Waals surface area contributed by atoms with Crippen LogP contribution in [-0.2, 0) is 13.0 Å². The molecule has 0 unspecified atom stereocenters. The number of rotatable bonds is 9. The van der Waals surface area contributed by atoms with E-state index in [1.807, 2.05) is 37.3 Å². The SMILES string of the molecule is CCCCCc1c(-c2ccccc2)c(C(N)=O)c(C)n1CCCO. The first-order valence-electron chi connectivity index (χ1n) is 8.79. The van der Waals surface area contributed by atoms with Gasteiger partial charge in [0.1, 0.15) is 0 Å². The van der Waals surface area contributed by atoms with E-state index in [9.17, 15) is 9.90 Å². The summed E-state index contributed by atoms with van der Waals surface area (Å²) in [5.74, 6) is -0.383. The normalized spacial score (nSPS) is 11.0. The molecule has 0 spiro atoms. The molecule has 0 aliphatic carbocycles. The molecule has 0 saturated heterocycles. The Morgan fingerprint density at radius 2 is 1.88 bits per heavy atom. The van der Waals surface area contributed by atoms with Crippen LogP contribution in [-0.4, -0.2) is 22.2 Å². The van der Waals surface area contributed by atoms with Gasteiger partial charge in [-0.2, -0.15) is 0 Å². The molecule has 0 radical (unpaired) electrons. The minimum absolute atomic E-state index is 0.137. The molecule has 4 heteroatoms. The molecule has 0 fully saturated rings. The quantitative estimate of drug-likeness (QED) is 0.690. The van der Waals surface area contributed by atoms with Crippen molar-refractivity contribution in [2.45, 2.75) is 52.5 Å². The molecular weight excluding hydrogens is 300 g/mol. The van der Waals surface area contributed by atoms with E-state index in [4.69, 9.17) is 5.73 Å². The zero-order valence-corrected chi connectivity index (χ0v) is 14.7. The fraction of sp³-hybridized carbons (Fsp3) is 0.450. The van der Waals surface area contributed by atoms with Crippen molar-refractivity contribution < 1.29 is 9.90 Å². The maximum atomic E-state index is 12.1. The molecule has 24 heavy (non-hydrogen) atoms. The van der Waals surface area contributed by atoms with Crippen molar-refractivity contribution in [1.82, 2.24) is 4.57 Å². The number of primary amides is 1. The lowest BCUT2D eigenvalue weighted by Gasteiger charge is -2.13. The second-order valence-corrected chi connectivity index (χ2v) is 6.20. The summed E-state index contributed by atoms with van der Waals surface area (Å²) in [6, 6.07) is 9.99.